The highest BCUT2D eigenvalue weighted by molar-refractivity contribution is 14.1. The van der Waals surface area contributed by atoms with Crippen LogP contribution in [0.25, 0.3) is 0 Å². The molecule has 9 heteroatoms. The fraction of sp³-hybridized carbons (Fsp3) is 0.583. The molecule has 3 unspecified atom stereocenters. The summed E-state index contributed by atoms with van der Waals surface area (Å²) >= 11 is 2.16. The van der Waals surface area contributed by atoms with Gasteiger partial charge in [0, 0.05) is 31.7 Å². The fourth-order valence-corrected chi connectivity index (χ4v) is 5.17. The lowest BCUT2D eigenvalue weighted by Gasteiger charge is -2.45. The number of methoxy groups -OCH3 is 1. The van der Waals surface area contributed by atoms with Crippen LogP contribution in [-0.2, 0) is 14.3 Å². The summed E-state index contributed by atoms with van der Waals surface area (Å²) in [5, 5.41) is 23.2. The van der Waals surface area contributed by atoms with Crippen LogP contribution in [0, 0.1) is 3.57 Å². The number of aliphatic hydroxyl groups excluding tert-OH is 2. The second-order valence-electron chi connectivity index (χ2n) is 8.47. The van der Waals surface area contributed by atoms with E-state index in [0.29, 0.717) is 11.3 Å². The Labute approximate surface area is 208 Å². The van der Waals surface area contributed by atoms with Gasteiger partial charge in [-0.15, -0.1) is 0 Å². The fourth-order valence-electron chi connectivity index (χ4n) is 4.65. The van der Waals surface area contributed by atoms with Crippen molar-refractivity contribution in [2.75, 3.05) is 26.9 Å². The number of carbonyl (C=O) groups excluding carboxylic acids is 2. The number of hydrogen-bond acceptors (Lipinski definition) is 6. The first-order chi connectivity index (χ1) is 16.0. The number of rotatable bonds is 9. The number of halogens is 1. The summed E-state index contributed by atoms with van der Waals surface area (Å²) in [6.07, 6.45) is 4.90. The lowest BCUT2D eigenvalue weighted by atomic mass is 9.85. The standard InChI is InChI=1S/C24H33IN2O6/c1-32-15-22(29)27(17-7-3-2-4-8-17)19-13-16(24(31)26-11-12-28)14-21(23(19)30)33-20-10-6-5-9-18(20)25/h5-6,9-10,14,17,19,21,23,28,30H,2-4,7-8,11-13,15H2,1H3,(H,26,31). The molecule has 0 bridgehead atoms. The highest BCUT2D eigenvalue weighted by atomic mass is 127. The van der Waals surface area contributed by atoms with Gasteiger partial charge in [0.25, 0.3) is 0 Å². The largest absolute Gasteiger partial charge is 0.482 e. The van der Waals surface area contributed by atoms with Crippen molar-refractivity contribution in [1.29, 1.82) is 0 Å². The molecule has 0 spiro atoms. The molecule has 33 heavy (non-hydrogen) atoms. The van der Waals surface area contributed by atoms with Crippen LogP contribution in [-0.4, -0.2) is 78.1 Å². The van der Waals surface area contributed by atoms with E-state index in [2.05, 4.69) is 27.9 Å². The van der Waals surface area contributed by atoms with Crippen LogP contribution in [0.2, 0.25) is 0 Å². The molecule has 1 fully saturated rings. The van der Waals surface area contributed by atoms with Crippen molar-refractivity contribution in [3.63, 3.8) is 0 Å². The van der Waals surface area contributed by atoms with Crippen LogP contribution in [0.5, 0.6) is 5.75 Å². The Morgan fingerprint density at radius 3 is 2.61 bits per heavy atom. The van der Waals surface area contributed by atoms with Gasteiger partial charge in [0.05, 0.1) is 16.2 Å². The number of carbonyl (C=O) groups is 2. The van der Waals surface area contributed by atoms with E-state index in [4.69, 9.17) is 14.6 Å². The van der Waals surface area contributed by atoms with Crippen molar-refractivity contribution in [1.82, 2.24) is 10.2 Å². The second kappa shape index (κ2) is 12.7. The first-order valence-electron chi connectivity index (χ1n) is 11.4. The maximum absolute atomic E-state index is 13.1. The van der Waals surface area contributed by atoms with Gasteiger partial charge in [-0.3, -0.25) is 9.59 Å². The van der Waals surface area contributed by atoms with E-state index in [1.54, 1.807) is 11.0 Å². The number of nitrogens with zero attached hydrogens (tertiary/aromatic N) is 1. The van der Waals surface area contributed by atoms with Crippen LogP contribution >= 0.6 is 22.6 Å². The zero-order chi connectivity index (χ0) is 23.8. The Balaban J connectivity index is 1.94. The normalized spacial score (nSPS) is 23.5. The highest BCUT2D eigenvalue weighted by Crippen LogP contribution is 2.33. The zero-order valence-corrected chi connectivity index (χ0v) is 21.1. The van der Waals surface area contributed by atoms with Gasteiger partial charge < -0.3 is 29.9 Å². The van der Waals surface area contributed by atoms with Gasteiger partial charge in [0.2, 0.25) is 11.8 Å². The van der Waals surface area contributed by atoms with Crippen molar-refractivity contribution in [3.05, 3.63) is 39.5 Å². The number of nitrogens with one attached hydrogen (secondary N) is 1. The summed E-state index contributed by atoms with van der Waals surface area (Å²) in [4.78, 5) is 27.7. The molecule has 3 atom stereocenters. The minimum Gasteiger partial charge on any atom is -0.482 e. The lowest BCUT2D eigenvalue weighted by molar-refractivity contribution is -0.147. The van der Waals surface area contributed by atoms with Crippen LogP contribution in [0.15, 0.2) is 35.9 Å². The Hall–Kier alpha value is -1.69. The average molecular weight is 572 g/mol. The van der Waals surface area contributed by atoms with E-state index in [-0.39, 0.29) is 44.0 Å². The molecule has 0 radical (unpaired) electrons. The number of amides is 2. The van der Waals surface area contributed by atoms with Gasteiger partial charge >= 0.3 is 0 Å². The number of benzene rings is 1. The van der Waals surface area contributed by atoms with Gasteiger partial charge in [-0.1, -0.05) is 31.4 Å². The summed E-state index contributed by atoms with van der Waals surface area (Å²) in [6.45, 7) is -0.133. The third-order valence-corrected chi connectivity index (χ3v) is 7.09. The van der Waals surface area contributed by atoms with Crippen molar-refractivity contribution in [2.45, 2.75) is 62.8 Å². The number of aliphatic hydroxyl groups is 2. The first kappa shape index (κ1) is 25.9. The van der Waals surface area contributed by atoms with E-state index in [1.807, 2.05) is 24.3 Å². The van der Waals surface area contributed by atoms with Gasteiger partial charge in [-0.05, 0) is 53.6 Å². The van der Waals surface area contributed by atoms with Crippen LogP contribution in [0.3, 0.4) is 0 Å². The Kier molecular flexibility index (Phi) is 9.96. The molecule has 1 saturated carbocycles. The molecule has 0 saturated heterocycles. The summed E-state index contributed by atoms with van der Waals surface area (Å²) < 4.78 is 12.2. The smallest absolute Gasteiger partial charge is 0.249 e. The molecule has 3 N–H and O–H groups in total. The molecule has 1 aromatic rings. The van der Waals surface area contributed by atoms with Gasteiger partial charge in [-0.2, -0.15) is 0 Å². The topological polar surface area (TPSA) is 108 Å². The molecular formula is C24H33IN2O6. The van der Waals surface area contributed by atoms with Gasteiger partial charge in [0.15, 0.2) is 0 Å². The average Bonchev–Trinajstić information content (AvgIpc) is 2.82. The van der Waals surface area contributed by atoms with E-state index < -0.39 is 18.2 Å². The van der Waals surface area contributed by atoms with Crippen LogP contribution in [0.4, 0.5) is 0 Å². The van der Waals surface area contributed by atoms with E-state index in [9.17, 15) is 14.7 Å². The maximum atomic E-state index is 13.1. The molecule has 0 heterocycles. The summed E-state index contributed by atoms with van der Waals surface area (Å²) in [6, 6.07) is 6.82. The minimum atomic E-state index is -1.02. The highest BCUT2D eigenvalue weighted by Gasteiger charge is 2.43. The third kappa shape index (κ3) is 6.68. The maximum Gasteiger partial charge on any atom is 0.249 e. The predicted molar refractivity (Wildman–Crippen MR) is 132 cm³/mol. The molecular weight excluding hydrogens is 539 g/mol. The molecule has 8 nitrogen and oxygen atoms in total. The molecule has 2 amide bonds. The lowest BCUT2D eigenvalue weighted by Crippen LogP contribution is -2.59. The molecule has 182 valence electrons. The Morgan fingerprint density at radius 1 is 1.21 bits per heavy atom. The number of para-hydroxylation sites is 1. The van der Waals surface area contributed by atoms with E-state index in [1.165, 1.54) is 7.11 Å². The van der Waals surface area contributed by atoms with Crippen molar-refractivity contribution >= 4 is 34.4 Å². The molecule has 0 aliphatic heterocycles. The van der Waals surface area contributed by atoms with E-state index >= 15 is 0 Å². The van der Waals surface area contributed by atoms with Crippen molar-refractivity contribution in [3.8, 4) is 5.75 Å². The SMILES string of the molecule is COCC(=O)N(C1CCCCC1)C1CC(C(=O)NCCO)=CC(Oc2ccccc2I)C1O. The Morgan fingerprint density at radius 2 is 1.94 bits per heavy atom. The quantitative estimate of drug-likeness (QED) is 0.391. The predicted octanol–water partition coefficient (Wildman–Crippen LogP) is 2.01. The molecule has 3 rings (SSSR count). The summed E-state index contributed by atoms with van der Waals surface area (Å²) in [5.41, 5.74) is 0.431. The van der Waals surface area contributed by atoms with Gasteiger partial charge in [0.1, 0.15) is 24.6 Å². The second-order valence-corrected chi connectivity index (χ2v) is 9.63. The van der Waals surface area contributed by atoms with Crippen LogP contribution in [0.1, 0.15) is 38.5 Å². The zero-order valence-electron chi connectivity index (χ0n) is 18.9. The minimum absolute atomic E-state index is 0.0154. The molecule has 2 aliphatic carbocycles. The van der Waals surface area contributed by atoms with E-state index in [0.717, 1.165) is 35.7 Å². The number of ether oxygens (including phenoxy) is 2. The van der Waals surface area contributed by atoms with Gasteiger partial charge in [-0.25, -0.2) is 0 Å². The third-order valence-electron chi connectivity index (χ3n) is 6.20. The van der Waals surface area contributed by atoms with Crippen molar-refractivity contribution < 1.29 is 29.3 Å². The molecule has 0 aromatic heterocycles. The monoisotopic (exact) mass is 572 g/mol. The van der Waals surface area contributed by atoms with Crippen LogP contribution < -0.4 is 10.1 Å². The molecule has 1 aromatic carbocycles. The first-order valence-corrected chi connectivity index (χ1v) is 12.5. The summed E-state index contributed by atoms with van der Waals surface area (Å²) in [5.74, 6) is 0.0696. The Bertz CT molecular complexity index is 842. The molecule has 2 aliphatic rings. The number of hydrogen-bond donors (Lipinski definition) is 3. The van der Waals surface area contributed by atoms with Crippen molar-refractivity contribution in [2.24, 2.45) is 0 Å². The summed E-state index contributed by atoms with van der Waals surface area (Å²) in [7, 11) is 1.48.